The zero-order valence-electron chi connectivity index (χ0n) is 17.7. The molecule has 8 heteroatoms. The monoisotopic (exact) mass is 522 g/mol. The number of hydrogen-bond donors (Lipinski definition) is 0. The summed E-state index contributed by atoms with van der Waals surface area (Å²) in [6.07, 6.45) is 1.85. The summed E-state index contributed by atoms with van der Waals surface area (Å²) in [5.41, 5.74) is 2.41. The number of benzene rings is 3. The van der Waals surface area contributed by atoms with Gasteiger partial charge < -0.3 is 14.2 Å². The molecule has 33 heavy (non-hydrogen) atoms. The second-order valence-electron chi connectivity index (χ2n) is 7.20. The Morgan fingerprint density at radius 2 is 1.79 bits per heavy atom. The molecule has 3 aromatic carbocycles. The quantitative estimate of drug-likeness (QED) is 0.290. The third kappa shape index (κ3) is 4.44. The fraction of sp³-hybridized carbons (Fsp3) is 0.120. The second kappa shape index (κ2) is 9.25. The van der Waals surface area contributed by atoms with E-state index >= 15 is 0 Å². The van der Waals surface area contributed by atoms with Crippen LogP contribution in [0.5, 0.6) is 17.2 Å². The van der Waals surface area contributed by atoms with Gasteiger partial charge in [-0.05, 0) is 60.2 Å². The number of nitrogens with zero attached hydrogens (tertiary/aromatic N) is 2. The predicted octanol–water partition coefficient (Wildman–Crippen LogP) is 4.69. The Morgan fingerprint density at radius 1 is 1.00 bits per heavy atom. The fourth-order valence-electron chi connectivity index (χ4n) is 3.50. The van der Waals surface area contributed by atoms with Gasteiger partial charge >= 0.3 is 0 Å². The molecule has 0 saturated carbocycles. The number of para-hydroxylation sites is 2. The van der Waals surface area contributed by atoms with Crippen molar-refractivity contribution in [1.82, 2.24) is 9.38 Å². The predicted molar refractivity (Wildman–Crippen MR) is 134 cm³/mol. The van der Waals surface area contributed by atoms with E-state index < -0.39 is 0 Å². The number of imidazole rings is 1. The maximum Gasteiger partial charge on any atom is 0.274 e. The van der Waals surface area contributed by atoms with Crippen molar-refractivity contribution < 1.29 is 14.2 Å². The fourth-order valence-corrected chi connectivity index (χ4v) is 4.75. The number of rotatable bonds is 7. The number of halogens is 1. The van der Waals surface area contributed by atoms with E-state index in [2.05, 4.69) is 20.9 Å². The van der Waals surface area contributed by atoms with Gasteiger partial charge in [0.05, 0.1) is 22.7 Å². The van der Waals surface area contributed by atoms with Crippen LogP contribution in [0.2, 0.25) is 0 Å². The summed E-state index contributed by atoms with van der Waals surface area (Å²) in [6, 6.07) is 20.9. The van der Waals surface area contributed by atoms with Crippen molar-refractivity contribution in [3.8, 4) is 17.2 Å². The molecule has 5 aromatic rings. The first-order valence-electron chi connectivity index (χ1n) is 10.2. The summed E-state index contributed by atoms with van der Waals surface area (Å²) in [6.45, 7) is 0.774. The highest BCUT2D eigenvalue weighted by atomic mass is 79.9. The molecule has 0 unspecified atom stereocenters. The Bertz CT molecular complexity index is 1540. The molecule has 0 spiro atoms. The Balaban J connectivity index is 1.33. The van der Waals surface area contributed by atoms with Crippen LogP contribution in [-0.2, 0) is 0 Å². The Kier molecular flexibility index (Phi) is 6.02. The van der Waals surface area contributed by atoms with Gasteiger partial charge in [-0.3, -0.25) is 4.79 Å². The van der Waals surface area contributed by atoms with Crippen molar-refractivity contribution in [2.45, 2.75) is 0 Å². The van der Waals surface area contributed by atoms with E-state index in [-0.39, 0.29) is 5.56 Å². The van der Waals surface area contributed by atoms with Crippen LogP contribution in [0.3, 0.4) is 0 Å². The van der Waals surface area contributed by atoms with Crippen molar-refractivity contribution in [1.29, 1.82) is 0 Å². The minimum absolute atomic E-state index is 0.0758. The number of aromatic nitrogens is 2. The highest BCUT2D eigenvalue weighted by molar-refractivity contribution is 9.10. The van der Waals surface area contributed by atoms with Crippen LogP contribution in [0.15, 0.2) is 76.0 Å². The molecular weight excluding hydrogens is 504 g/mol. The lowest BCUT2D eigenvalue weighted by atomic mass is 10.2. The van der Waals surface area contributed by atoms with Crippen LogP contribution in [0, 0.1) is 0 Å². The molecule has 0 N–H and O–H groups in total. The number of ether oxygens (including phenoxy) is 3. The van der Waals surface area contributed by atoms with E-state index in [1.165, 1.54) is 11.3 Å². The van der Waals surface area contributed by atoms with E-state index in [1.54, 1.807) is 11.5 Å². The SMILES string of the molecule is COc1cc(C=c2sc3nc4ccccc4n3c2=O)ccc1OCCOc1ccc(Br)cc1. The third-order valence-corrected chi connectivity index (χ3v) is 6.55. The van der Waals surface area contributed by atoms with Crippen molar-refractivity contribution in [3.05, 3.63) is 91.7 Å². The molecule has 0 aliphatic carbocycles. The zero-order valence-corrected chi connectivity index (χ0v) is 20.1. The van der Waals surface area contributed by atoms with E-state index in [4.69, 9.17) is 14.2 Å². The molecule has 2 heterocycles. The molecule has 2 aromatic heterocycles. The molecule has 166 valence electrons. The summed E-state index contributed by atoms with van der Waals surface area (Å²) in [4.78, 5) is 18.2. The molecule has 0 amide bonds. The molecule has 5 rings (SSSR count). The van der Waals surface area contributed by atoms with E-state index in [1.807, 2.05) is 72.8 Å². The summed E-state index contributed by atoms with van der Waals surface area (Å²) in [5.74, 6) is 1.98. The van der Waals surface area contributed by atoms with Gasteiger partial charge in [0.2, 0.25) is 0 Å². The maximum absolute atomic E-state index is 13.0. The van der Waals surface area contributed by atoms with E-state index in [9.17, 15) is 4.79 Å². The van der Waals surface area contributed by atoms with Gasteiger partial charge in [-0.1, -0.05) is 45.5 Å². The molecule has 0 aliphatic rings. The van der Waals surface area contributed by atoms with Crippen LogP contribution < -0.4 is 24.3 Å². The molecule has 0 bridgehead atoms. The Morgan fingerprint density at radius 3 is 2.61 bits per heavy atom. The molecule has 0 saturated heterocycles. The Hall–Kier alpha value is -3.36. The topological polar surface area (TPSA) is 62.1 Å². The largest absolute Gasteiger partial charge is 0.493 e. The maximum atomic E-state index is 13.0. The van der Waals surface area contributed by atoms with Crippen molar-refractivity contribution in [2.75, 3.05) is 20.3 Å². The minimum Gasteiger partial charge on any atom is -0.493 e. The molecular formula is C25H19BrN2O4S. The number of hydrogen-bond acceptors (Lipinski definition) is 6. The van der Waals surface area contributed by atoms with Gasteiger partial charge in [-0.25, -0.2) is 9.38 Å². The van der Waals surface area contributed by atoms with Gasteiger partial charge in [0, 0.05) is 4.47 Å². The van der Waals surface area contributed by atoms with Gasteiger partial charge in [0.25, 0.3) is 5.56 Å². The van der Waals surface area contributed by atoms with E-state index in [0.717, 1.165) is 26.8 Å². The van der Waals surface area contributed by atoms with Gasteiger partial charge in [0.1, 0.15) is 19.0 Å². The highest BCUT2D eigenvalue weighted by Gasteiger charge is 2.11. The van der Waals surface area contributed by atoms with Crippen LogP contribution in [0.25, 0.3) is 22.1 Å². The summed E-state index contributed by atoms with van der Waals surface area (Å²) >= 11 is 4.77. The average molecular weight is 523 g/mol. The first kappa shape index (κ1) is 21.5. The lowest BCUT2D eigenvalue weighted by Crippen LogP contribution is -2.22. The molecule has 0 atom stereocenters. The van der Waals surface area contributed by atoms with E-state index in [0.29, 0.717) is 34.2 Å². The summed E-state index contributed by atoms with van der Waals surface area (Å²) in [7, 11) is 1.59. The number of fused-ring (bicyclic) bond motifs is 3. The summed E-state index contributed by atoms with van der Waals surface area (Å²) < 4.78 is 20.3. The molecule has 0 aliphatic heterocycles. The first-order chi connectivity index (χ1) is 16.1. The van der Waals surface area contributed by atoms with Gasteiger partial charge in [0.15, 0.2) is 16.5 Å². The van der Waals surface area contributed by atoms with Crippen LogP contribution in [-0.4, -0.2) is 29.7 Å². The minimum atomic E-state index is -0.0758. The number of methoxy groups -OCH3 is 1. The first-order valence-corrected chi connectivity index (χ1v) is 11.8. The van der Waals surface area contributed by atoms with Crippen LogP contribution in [0.1, 0.15) is 5.56 Å². The third-order valence-electron chi connectivity index (χ3n) is 5.05. The van der Waals surface area contributed by atoms with Crippen molar-refractivity contribution >= 4 is 49.3 Å². The average Bonchev–Trinajstić information content (AvgIpc) is 3.34. The Labute approximate surface area is 201 Å². The van der Waals surface area contributed by atoms with Crippen LogP contribution >= 0.6 is 27.3 Å². The standard InChI is InChI=1S/C25H19BrN2O4S/c1-30-22-14-16(6-11-21(22)32-13-12-31-18-9-7-17(26)8-10-18)15-23-24(29)28-20-5-3-2-4-19(20)27-25(28)33-23/h2-11,14-15H,12-13H2,1H3. The zero-order chi connectivity index (χ0) is 22.8. The smallest absolute Gasteiger partial charge is 0.274 e. The van der Waals surface area contributed by atoms with Crippen LogP contribution in [0.4, 0.5) is 0 Å². The molecule has 6 nitrogen and oxygen atoms in total. The van der Waals surface area contributed by atoms with Crippen molar-refractivity contribution in [3.63, 3.8) is 0 Å². The molecule has 0 radical (unpaired) electrons. The lowest BCUT2D eigenvalue weighted by Gasteiger charge is -2.12. The normalized spacial score (nSPS) is 11.9. The molecule has 0 fully saturated rings. The lowest BCUT2D eigenvalue weighted by molar-refractivity contribution is 0.211. The summed E-state index contributed by atoms with van der Waals surface area (Å²) in [5, 5.41) is 0. The van der Waals surface area contributed by atoms with Gasteiger partial charge in [-0.2, -0.15) is 0 Å². The highest BCUT2D eigenvalue weighted by Crippen LogP contribution is 2.28. The van der Waals surface area contributed by atoms with Gasteiger partial charge in [-0.15, -0.1) is 0 Å². The number of thiazole rings is 1. The second-order valence-corrected chi connectivity index (χ2v) is 9.12. The van der Waals surface area contributed by atoms with Crippen molar-refractivity contribution in [2.24, 2.45) is 0 Å².